The molecule has 1 amide bonds. The number of nitrogens with one attached hydrogen (secondary N) is 2. The van der Waals surface area contributed by atoms with Gasteiger partial charge in [0.15, 0.2) is 0 Å². The Labute approximate surface area is 183 Å². The van der Waals surface area contributed by atoms with Crippen LogP contribution >= 0.6 is 0 Å². The minimum atomic E-state index is -2.99. The lowest BCUT2D eigenvalue weighted by Gasteiger charge is -2.33. The van der Waals surface area contributed by atoms with Crippen molar-refractivity contribution in [3.05, 3.63) is 80.9 Å². The third-order valence-electron chi connectivity index (χ3n) is 5.95. The van der Waals surface area contributed by atoms with E-state index in [1.165, 1.54) is 30.1 Å². The first kappa shape index (κ1) is 21.2. The smallest absolute Gasteiger partial charge is 0.270 e. The van der Waals surface area contributed by atoms with Crippen LogP contribution in [0.3, 0.4) is 0 Å². The Kier molecular flexibility index (Phi) is 4.97. The van der Waals surface area contributed by atoms with Gasteiger partial charge in [0, 0.05) is 29.2 Å². The molecule has 170 valence electrons. The van der Waals surface area contributed by atoms with Gasteiger partial charge < -0.3 is 19.6 Å². The number of amides is 1. The largest absolute Gasteiger partial charge is 0.373 e. The quantitative estimate of drug-likeness (QED) is 0.441. The number of aromatic nitrogens is 2. The van der Waals surface area contributed by atoms with Crippen molar-refractivity contribution >= 4 is 27.6 Å². The Balaban J connectivity index is 1.57. The number of likely N-dealkylation sites (N-methyl/N-ethyl adjacent to an activating group) is 1. The van der Waals surface area contributed by atoms with Crippen LogP contribution in [0.1, 0.15) is 39.8 Å². The summed E-state index contributed by atoms with van der Waals surface area (Å²) in [7, 11) is 1.53. The fraction of sp³-hybridized carbons (Fsp3) is 0.217. The maximum Gasteiger partial charge on any atom is 0.270 e. The van der Waals surface area contributed by atoms with Gasteiger partial charge >= 0.3 is 0 Å². The van der Waals surface area contributed by atoms with E-state index < -0.39 is 41.1 Å². The molecule has 0 bridgehead atoms. The summed E-state index contributed by atoms with van der Waals surface area (Å²) >= 11 is 0. The first-order valence-electron chi connectivity index (χ1n) is 10.0. The van der Waals surface area contributed by atoms with Gasteiger partial charge in [-0.25, -0.2) is 17.6 Å². The van der Waals surface area contributed by atoms with E-state index in [0.717, 1.165) is 18.2 Å². The minimum absolute atomic E-state index is 0.0743. The summed E-state index contributed by atoms with van der Waals surface area (Å²) in [6, 6.07) is 6.57. The Morgan fingerprint density at radius 1 is 1.12 bits per heavy atom. The number of rotatable bonds is 3. The van der Waals surface area contributed by atoms with E-state index in [2.05, 4.69) is 9.97 Å². The number of carbonyl (C=O) groups excluding carboxylic acids is 1. The molecule has 0 radical (unpaired) electrons. The van der Waals surface area contributed by atoms with Crippen LogP contribution in [0.2, 0.25) is 0 Å². The number of pyridine rings is 1. The molecule has 0 saturated carbocycles. The second-order valence-corrected chi connectivity index (χ2v) is 7.93. The standard InChI is InChI=1S/C23H17F4N3O3/c1-30(23(32)17-5-10-4-15(25)14(21(26)27)7-16(10)28-17)19-9-33-8-18-20(19)12-3-2-11(24)6-13(12)22(31)29-18/h2-7,19,21,28H,8-9H2,1H3,(H,29,31). The highest BCUT2D eigenvalue weighted by Gasteiger charge is 2.31. The summed E-state index contributed by atoms with van der Waals surface area (Å²) in [4.78, 5) is 32.5. The van der Waals surface area contributed by atoms with Crippen molar-refractivity contribution in [2.45, 2.75) is 19.1 Å². The van der Waals surface area contributed by atoms with Crippen LogP contribution in [-0.2, 0) is 11.3 Å². The second kappa shape index (κ2) is 7.73. The van der Waals surface area contributed by atoms with Crippen LogP contribution in [0, 0.1) is 11.6 Å². The molecule has 2 N–H and O–H groups in total. The van der Waals surface area contributed by atoms with Gasteiger partial charge in [-0.15, -0.1) is 0 Å². The molecular weight excluding hydrogens is 442 g/mol. The van der Waals surface area contributed by atoms with Crippen molar-refractivity contribution in [2.75, 3.05) is 13.7 Å². The summed E-state index contributed by atoms with van der Waals surface area (Å²) in [6.07, 6.45) is -2.99. The molecule has 1 aliphatic rings. The molecule has 1 aliphatic heterocycles. The minimum Gasteiger partial charge on any atom is -0.373 e. The van der Waals surface area contributed by atoms with Gasteiger partial charge in [-0.1, -0.05) is 6.07 Å². The van der Waals surface area contributed by atoms with Crippen molar-refractivity contribution in [3.63, 3.8) is 0 Å². The molecule has 4 aromatic rings. The van der Waals surface area contributed by atoms with Crippen molar-refractivity contribution in [1.29, 1.82) is 0 Å². The average molecular weight is 459 g/mol. The van der Waals surface area contributed by atoms with Crippen molar-refractivity contribution < 1.29 is 27.1 Å². The molecule has 0 saturated heterocycles. The van der Waals surface area contributed by atoms with Gasteiger partial charge in [0.05, 0.1) is 30.2 Å². The number of nitrogens with zero attached hydrogens (tertiary/aromatic N) is 1. The average Bonchev–Trinajstić information content (AvgIpc) is 3.20. The number of halogens is 4. The summed E-state index contributed by atoms with van der Waals surface area (Å²) in [5.74, 6) is -2.11. The zero-order valence-corrected chi connectivity index (χ0v) is 17.2. The zero-order valence-electron chi connectivity index (χ0n) is 17.2. The second-order valence-electron chi connectivity index (χ2n) is 7.93. The zero-order chi connectivity index (χ0) is 23.4. The van der Waals surface area contributed by atoms with Crippen molar-refractivity contribution in [1.82, 2.24) is 14.9 Å². The van der Waals surface area contributed by atoms with Crippen LogP contribution < -0.4 is 5.56 Å². The number of hydrogen-bond acceptors (Lipinski definition) is 3. The number of alkyl halides is 2. The van der Waals surface area contributed by atoms with E-state index in [1.807, 2.05) is 0 Å². The van der Waals surface area contributed by atoms with Gasteiger partial charge in [-0.3, -0.25) is 9.59 Å². The van der Waals surface area contributed by atoms with Gasteiger partial charge in [0.1, 0.15) is 17.3 Å². The molecule has 1 atom stereocenters. The molecular formula is C23H17F4N3O3. The van der Waals surface area contributed by atoms with Crippen molar-refractivity contribution in [2.24, 2.45) is 0 Å². The van der Waals surface area contributed by atoms with Gasteiger partial charge in [-0.05, 0) is 35.7 Å². The number of aromatic amines is 2. The molecule has 0 aliphatic carbocycles. The molecule has 0 fully saturated rings. The summed E-state index contributed by atoms with van der Waals surface area (Å²) in [5, 5.41) is 0.935. The highest BCUT2D eigenvalue weighted by atomic mass is 19.3. The van der Waals surface area contributed by atoms with Gasteiger partial charge in [0.2, 0.25) is 0 Å². The number of fused-ring (bicyclic) bond motifs is 4. The van der Waals surface area contributed by atoms with E-state index in [4.69, 9.17) is 4.74 Å². The van der Waals surface area contributed by atoms with E-state index >= 15 is 0 Å². The van der Waals surface area contributed by atoms with E-state index in [-0.39, 0.29) is 35.2 Å². The molecule has 10 heteroatoms. The van der Waals surface area contributed by atoms with Gasteiger partial charge in [-0.2, -0.15) is 0 Å². The topological polar surface area (TPSA) is 78.2 Å². The maximum absolute atomic E-state index is 13.9. The number of benzene rings is 2. The van der Waals surface area contributed by atoms with Crippen LogP contribution in [-0.4, -0.2) is 34.4 Å². The fourth-order valence-electron chi connectivity index (χ4n) is 4.31. The molecule has 3 heterocycles. The molecule has 33 heavy (non-hydrogen) atoms. The normalized spacial score (nSPS) is 15.9. The molecule has 2 aromatic heterocycles. The lowest BCUT2D eigenvalue weighted by molar-refractivity contribution is 0.0333. The summed E-state index contributed by atoms with van der Waals surface area (Å²) in [5.41, 5.74) is 0.172. The number of hydrogen-bond donors (Lipinski definition) is 2. The highest BCUT2D eigenvalue weighted by molar-refractivity contribution is 5.98. The van der Waals surface area contributed by atoms with Crippen LogP contribution in [0.5, 0.6) is 0 Å². The third-order valence-corrected chi connectivity index (χ3v) is 5.95. The Hall–Kier alpha value is -3.66. The number of carbonyl (C=O) groups is 1. The maximum atomic E-state index is 13.9. The van der Waals surface area contributed by atoms with Gasteiger partial charge in [0.25, 0.3) is 17.9 Å². The Morgan fingerprint density at radius 2 is 1.91 bits per heavy atom. The van der Waals surface area contributed by atoms with E-state index in [0.29, 0.717) is 16.6 Å². The third kappa shape index (κ3) is 3.46. The lowest BCUT2D eigenvalue weighted by Crippen LogP contribution is -2.37. The highest BCUT2D eigenvalue weighted by Crippen LogP contribution is 2.34. The monoisotopic (exact) mass is 459 g/mol. The predicted octanol–water partition coefficient (Wildman–Crippen LogP) is 4.57. The number of H-pyrrole nitrogens is 2. The molecule has 0 spiro atoms. The Morgan fingerprint density at radius 3 is 2.67 bits per heavy atom. The molecule has 2 aromatic carbocycles. The predicted molar refractivity (Wildman–Crippen MR) is 112 cm³/mol. The number of ether oxygens (including phenoxy) is 1. The van der Waals surface area contributed by atoms with Crippen LogP contribution in [0.25, 0.3) is 21.7 Å². The van der Waals surface area contributed by atoms with Crippen molar-refractivity contribution in [3.8, 4) is 0 Å². The van der Waals surface area contributed by atoms with E-state index in [1.54, 1.807) is 0 Å². The Bertz CT molecular complexity index is 1480. The molecule has 5 rings (SSSR count). The SMILES string of the molecule is CN(C(=O)c1cc2cc(F)c(C(F)F)cc2[nH]1)C1COCc2[nH]c(=O)c3cc(F)ccc3c21. The first-order chi connectivity index (χ1) is 15.7. The molecule has 6 nitrogen and oxygen atoms in total. The fourth-order valence-corrected chi connectivity index (χ4v) is 4.31. The van der Waals surface area contributed by atoms with Crippen LogP contribution in [0.4, 0.5) is 17.6 Å². The first-order valence-corrected chi connectivity index (χ1v) is 10.0. The summed E-state index contributed by atoms with van der Waals surface area (Å²) < 4.78 is 59.3. The van der Waals surface area contributed by atoms with Crippen LogP contribution in [0.15, 0.2) is 41.2 Å². The lowest BCUT2D eigenvalue weighted by atomic mass is 9.95. The summed E-state index contributed by atoms with van der Waals surface area (Å²) in [6.45, 7) is 0.247. The molecule has 1 unspecified atom stereocenters. The van der Waals surface area contributed by atoms with E-state index in [9.17, 15) is 27.2 Å².